The topological polar surface area (TPSA) is 139 Å². The van der Waals surface area contributed by atoms with Crippen LogP contribution in [0.2, 0.25) is 0 Å². The monoisotopic (exact) mass is 479 g/mol. The van der Waals surface area contributed by atoms with E-state index in [2.05, 4.69) is 38.8 Å². The third-order valence-corrected chi connectivity index (χ3v) is 5.35. The lowest BCUT2D eigenvalue weighted by Gasteiger charge is -2.32. The van der Waals surface area contributed by atoms with Crippen LogP contribution in [0, 0.1) is 0 Å². The molecule has 2 heterocycles. The molecule has 1 aliphatic heterocycles. The van der Waals surface area contributed by atoms with Crippen molar-refractivity contribution in [2.45, 2.75) is 45.3 Å². The number of anilines is 1. The molecule has 1 saturated heterocycles. The molecule has 1 aromatic heterocycles. The average molecular weight is 480 g/mol. The van der Waals surface area contributed by atoms with Crippen LogP contribution in [0.15, 0.2) is 29.9 Å². The molecule has 0 aliphatic carbocycles. The van der Waals surface area contributed by atoms with E-state index in [0.29, 0.717) is 31.1 Å². The number of carbonyl (C=O) groups excluding carboxylic acids is 4. The van der Waals surface area contributed by atoms with Crippen molar-refractivity contribution in [1.82, 2.24) is 20.9 Å². The van der Waals surface area contributed by atoms with Crippen molar-refractivity contribution in [2.24, 2.45) is 0 Å². The summed E-state index contributed by atoms with van der Waals surface area (Å²) in [6.45, 7) is 13.6. The molecule has 0 spiro atoms. The van der Waals surface area contributed by atoms with Crippen LogP contribution in [0.4, 0.5) is 9.93 Å². The highest BCUT2D eigenvalue weighted by atomic mass is 32.1. The van der Waals surface area contributed by atoms with Crippen molar-refractivity contribution in [2.75, 3.05) is 25.1 Å². The Labute approximate surface area is 196 Å². The number of ether oxygens (including phenoxy) is 2. The SMILES string of the molecule is C=C(NC(=O)c1csc(N2CCC(NC(=O)OC(C)(C)C)CC2)n1)C(=O)NC(=C)C(=O)OC. The Morgan fingerprint density at radius 3 is 2.33 bits per heavy atom. The number of hydrogen-bond donors (Lipinski definition) is 3. The van der Waals surface area contributed by atoms with Gasteiger partial charge in [0.25, 0.3) is 11.8 Å². The molecule has 0 atom stereocenters. The molecule has 0 radical (unpaired) electrons. The summed E-state index contributed by atoms with van der Waals surface area (Å²) in [7, 11) is 1.15. The predicted octanol–water partition coefficient (Wildman–Crippen LogP) is 1.68. The summed E-state index contributed by atoms with van der Waals surface area (Å²) in [4.78, 5) is 54.0. The molecule has 180 valence electrons. The zero-order chi connectivity index (χ0) is 24.8. The number of thiazole rings is 1. The maximum Gasteiger partial charge on any atom is 0.407 e. The van der Waals surface area contributed by atoms with E-state index in [-0.39, 0.29) is 23.1 Å². The summed E-state index contributed by atoms with van der Waals surface area (Å²) in [5, 5.41) is 9.64. The molecule has 1 aromatic rings. The fraction of sp³-hybridized carbons (Fsp3) is 0.476. The van der Waals surface area contributed by atoms with Gasteiger partial charge in [0.05, 0.1) is 12.8 Å². The van der Waals surface area contributed by atoms with E-state index in [1.807, 2.05) is 25.7 Å². The van der Waals surface area contributed by atoms with Gasteiger partial charge in [-0.2, -0.15) is 0 Å². The predicted molar refractivity (Wildman–Crippen MR) is 123 cm³/mol. The summed E-state index contributed by atoms with van der Waals surface area (Å²) in [5.41, 5.74) is -0.971. The Kier molecular flexibility index (Phi) is 8.57. The first-order chi connectivity index (χ1) is 15.4. The van der Waals surface area contributed by atoms with Gasteiger partial charge in [-0.15, -0.1) is 11.3 Å². The van der Waals surface area contributed by atoms with Crippen LogP contribution < -0.4 is 20.9 Å². The molecule has 0 aromatic carbocycles. The van der Waals surface area contributed by atoms with Crippen molar-refractivity contribution in [3.8, 4) is 0 Å². The minimum Gasteiger partial charge on any atom is -0.464 e. The number of aromatic nitrogens is 1. The van der Waals surface area contributed by atoms with Gasteiger partial charge in [0.1, 0.15) is 17.0 Å². The van der Waals surface area contributed by atoms with Crippen molar-refractivity contribution in [3.63, 3.8) is 0 Å². The number of alkyl carbamates (subject to hydrolysis) is 1. The smallest absolute Gasteiger partial charge is 0.407 e. The van der Waals surface area contributed by atoms with Gasteiger partial charge < -0.3 is 30.3 Å². The quantitative estimate of drug-likeness (QED) is 0.397. The van der Waals surface area contributed by atoms with Gasteiger partial charge in [-0.1, -0.05) is 13.2 Å². The van der Waals surface area contributed by atoms with E-state index in [4.69, 9.17) is 4.74 Å². The Hall–Kier alpha value is -3.41. The van der Waals surface area contributed by atoms with Crippen LogP contribution in [0.25, 0.3) is 0 Å². The molecule has 2 rings (SSSR count). The van der Waals surface area contributed by atoms with E-state index in [0.717, 1.165) is 7.11 Å². The van der Waals surface area contributed by atoms with Crippen molar-refractivity contribution >= 4 is 40.3 Å². The highest BCUT2D eigenvalue weighted by molar-refractivity contribution is 7.13. The second-order valence-corrected chi connectivity index (χ2v) is 9.12. The molecule has 0 bridgehead atoms. The van der Waals surface area contributed by atoms with Gasteiger partial charge >= 0.3 is 12.1 Å². The average Bonchev–Trinajstić information content (AvgIpc) is 3.22. The minimum atomic E-state index is -0.809. The molecular formula is C21H29N5O6S. The number of hydrogen-bond acceptors (Lipinski definition) is 9. The van der Waals surface area contributed by atoms with Crippen LogP contribution in [0.1, 0.15) is 44.1 Å². The number of carbonyl (C=O) groups is 4. The second kappa shape index (κ2) is 10.9. The number of rotatable bonds is 7. The minimum absolute atomic E-state index is 0.000378. The van der Waals surface area contributed by atoms with Gasteiger partial charge in [0, 0.05) is 24.5 Å². The van der Waals surface area contributed by atoms with Crippen LogP contribution in [0.3, 0.4) is 0 Å². The van der Waals surface area contributed by atoms with Crippen LogP contribution in [0.5, 0.6) is 0 Å². The number of nitrogens with zero attached hydrogens (tertiary/aromatic N) is 2. The first kappa shape index (κ1) is 25.8. The summed E-state index contributed by atoms with van der Waals surface area (Å²) >= 11 is 1.30. The van der Waals surface area contributed by atoms with E-state index in [1.165, 1.54) is 11.3 Å². The lowest BCUT2D eigenvalue weighted by Crippen LogP contribution is -2.46. The van der Waals surface area contributed by atoms with Crippen molar-refractivity contribution < 1.29 is 28.7 Å². The van der Waals surface area contributed by atoms with Gasteiger partial charge in [0.2, 0.25) is 0 Å². The Morgan fingerprint density at radius 2 is 1.76 bits per heavy atom. The van der Waals surface area contributed by atoms with E-state index in [1.54, 1.807) is 5.38 Å². The van der Waals surface area contributed by atoms with Crippen molar-refractivity contribution in [3.05, 3.63) is 35.6 Å². The Balaban J connectivity index is 1.84. The number of esters is 1. The van der Waals surface area contributed by atoms with Gasteiger partial charge in [-0.3, -0.25) is 9.59 Å². The standard InChI is InChI=1S/C21H29N5O6S/c1-12(16(27)23-13(2)18(29)31-6)22-17(28)15-11-33-19(25-15)26-9-7-14(8-10-26)24-20(30)32-21(3,4)5/h11,14H,1-2,7-10H2,3-6H3,(H,22,28)(H,23,27)(H,24,30). The molecule has 1 aliphatic rings. The molecule has 3 N–H and O–H groups in total. The lowest BCUT2D eigenvalue weighted by atomic mass is 10.1. The summed E-state index contributed by atoms with van der Waals surface area (Å²) < 4.78 is 9.72. The molecule has 0 saturated carbocycles. The summed E-state index contributed by atoms with van der Waals surface area (Å²) in [6.07, 6.45) is 0.983. The largest absolute Gasteiger partial charge is 0.464 e. The third-order valence-electron chi connectivity index (χ3n) is 4.45. The van der Waals surface area contributed by atoms with Gasteiger partial charge in [-0.05, 0) is 33.6 Å². The number of amides is 3. The van der Waals surface area contributed by atoms with Crippen molar-refractivity contribution in [1.29, 1.82) is 0 Å². The number of nitrogens with one attached hydrogen (secondary N) is 3. The van der Waals surface area contributed by atoms with Crippen LogP contribution >= 0.6 is 11.3 Å². The van der Waals surface area contributed by atoms with Crippen LogP contribution in [-0.2, 0) is 19.1 Å². The maximum atomic E-state index is 12.4. The molecule has 0 unspecified atom stereocenters. The highest BCUT2D eigenvalue weighted by Gasteiger charge is 2.25. The van der Waals surface area contributed by atoms with Gasteiger partial charge in [0.15, 0.2) is 5.13 Å². The van der Waals surface area contributed by atoms with Crippen LogP contribution in [-0.4, -0.2) is 60.7 Å². The third kappa shape index (κ3) is 7.90. The second-order valence-electron chi connectivity index (χ2n) is 8.28. The zero-order valence-electron chi connectivity index (χ0n) is 19.1. The first-order valence-electron chi connectivity index (χ1n) is 10.2. The Bertz CT molecular complexity index is 943. The Morgan fingerprint density at radius 1 is 1.12 bits per heavy atom. The number of piperidine rings is 1. The van der Waals surface area contributed by atoms with E-state index < -0.39 is 29.5 Å². The van der Waals surface area contributed by atoms with Gasteiger partial charge in [-0.25, -0.2) is 14.6 Å². The first-order valence-corrected chi connectivity index (χ1v) is 11.1. The molecule has 1 fully saturated rings. The van der Waals surface area contributed by atoms with E-state index >= 15 is 0 Å². The van der Waals surface area contributed by atoms with E-state index in [9.17, 15) is 19.2 Å². The fourth-order valence-corrected chi connectivity index (χ4v) is 3.71. The molecule has 33 heavy (non-hydrogen) atoms. The maximum absolute atomic E-state index is 12.4. The highest BCUT2D eigenvalue weighted by Crippen LogP contribution is 2.24. The zero-order valence-corrected chi connectivity index (χ0v) is 20.0. The normalized spacial score (nSPS) is 14.1. The molecule has 11 nitrogen and oxygen atoms in total. The lowest BCUT2D eigenvalue weighted by molar-refractivity contribution is -0.137. The molecule has 3 amide bonds. The number of methoxy groups -OCH3 is 1. The molecule has 12 heteroatoms. The summed E-state index contributed by atoms with van der Waals surface area (Å²) in [5.74, 6) is -2.21. The molecular weight excluding hydrogens is 450 g/mol. The fourth-order valence-electron chi connectivity index (χ4n) is 2.85. The summed E-state index contributed by atoms with van der Waals surface area (Å²) in [6, 6.07) is 0.000378.